The number of benzene rings is 2. The van der Waals surface area contributed by atoms with Crippen LogP contribution in [0.3, 0.4) is 0 Å². The Morgan fingerprint density at radius 2 is 1.69 bits per heavy atom. The van der Waals surface area contributed by atoms with Crippen LogP contribution < -0.4 is 44.1 Å². The Kier molecular flexibility index (Phi) is 9.66. The summed E-state index contributed by atoms with van der Waals surface area (Å²) in [5.41, 5.74) is 1.65. The molecular weight excluding hydrogens is 517 g/mol. The van der Waals surface area contributed by atoms with Gasteiger partial charge in [0.2, 0.25) is 5.88 Å². The number of ether oxygens (including phenoxy) is 1. The number of carbonyl (C=O) groups is 1. The predicted octanol–water partition coefficient (Wildman–Crippen LogP) is -0.550. The van der Waals surface area contributed by atoms with E-state index < -0.39 is 10.4 Å². The van der Waals surface area contributed by atoms with Crippen molar-refractivity contribution in [3.8, 4) is 5.75 Å². The van der Waals surface area contributed by atoms with Gasteiger partial charge in [-0.15, -0.1) is 0 Å². The number of fused-ring (bicyclic) bond motifs is 1. The van der Waals surface area contributed by atoms with Crippen LogP contribution in [-0.2, 0) is 19.4 Å². The second-order valence-electron chi connectivity index (χ2n) is 7.52. The molecule has 4 rings (SSSR count). The fourth-order valence-electron chi connectivity index (χ4n) is 3.77. The predicted molar refractivity (Wildman–Crippen MR) is 133 cm³/mol. The average molecular weight is 541 g/mol. The SMILES string of the molecule is O=C1C(=CC=C2Oc3ccccc3N2CCCOS(=O)(=O)O)N(CCO)C(=S)N1c1ccccc1.[Na+]. The number of aliphatic hydroxyl groups excluding tert-OH is 1. The van der Waals surface area contributed by atoms with Gasteiger partial charge in [-0.2, -0.15) is 8.42 Å². The first-order valence-corrected chi connectivity index (χ1v) is 12.5. The second-order valence-corrected chi connectivity index (χ2v) is 8.97. The zero-order valence-electron chi connectivity index (χ0n) is 19.5. The number of carbonyl (C=O) groups excluding carboxylic acids is 1. The van der Waals surface area contributed by atoms with Gasteiger partial charge in [-0.05, 0) is 49.0 Å². The van der Waals surface area contributed by atoms with E-state index in [4.69, 9.17) is 21.5 Å². The fraction of sp³-hybridized carbons (Fsp3) is 0.217. The van der Waals surface area contributed by atoms with Crippen LogP contribution >= 0.6 is 12.2 Å². The summed E-state index contributed by atoms with van der Waals surface area (Å²) in [4.78, 5) is 18.1. The minimum atomic E-state index is -4.52. The number of nitrogens with zero attached hydrogens (tertiary/aromatic N) is 3. The van der Waals surface area contributed by atoms with Crippen molar-refractivity contribution >= 4 is 45.0 Å². The Balaban J connectivity index is 0.00000361. The quantitative estimate of drug-likeness (QED) is 0.141. The molecule has 0 bridgehead atoms. The molecule has 184 valence electrons. The zero-order chi connectivity index (χ0) is 25.0. The molecule has 2 N–H and O–H groups in total. The average Bonchev–Trinajstić information content (AvgIpc) is 3.29. The molecule has 0 saturated carbocycles. The fourth-order valence-corrected chi connectivity index (χ4v) is 4.47. The van der Waals surface area contributed by atoms with Crippen molar-refractivity contribution in [3.05, 3.63) is 78.3 Å². The van der Waals surface area contributed by atoms with Crippen LogP contribution in [0.2, 0.25) is 0 Å². The molecule has 2 heterocycles. The number of anilines is 2. The molecule has 0 atom stereocenters. The van der Waals surface area contributed by atoms with Crippen LogP contribution in [0.25, 0.3) is 0 Å². The topological polar surface area (TPSA) is 120 Å². The Labute approximate surface area is 236 Å². The first-order valence-electron chi connectivity index (χ1n) is 10.7. The van der Waals surface area contributed by atoms with Gasteiger partial charge in [0.05, 0.1) is 24.6 Å². The molecule has 2 aromatic rings. The summed E-state index contributed by atoms with van der Waals surface area (Å²) >= 11 is 5.53. The first-order chi connectivity index (χ1) is 16.8. The van der Waals surface area contributed by atoms with E-state index in [0.717, 1.165) is 5.69 Å². The molecule has 0 aliphatic carbocycles. The van der Waals surface area contributed by atoms with Gasteiger partial charge in [0, 0.05) is 19.2 Å². The molecule has 1 amide bonds. The van der Waals surface area contributed by atoms with Crippen LogP contribution in [0.15, 0.2) is 78.3 Å². The van der Waals surface area contributed by atoms with E-state index in [2.05, 4.69) is 4.18 Å². The zero-order valence-corrected chi connectivity index (χ0v) is 23.1. The molecule has 2 aliphatic rings. The van der Waals surface area contributed by atoms with Crippen molar-refractivity contribution in [3.63, 3.8) is 0 Å². The van der Waals surface area contributed by atoms with Gasteiger partial charge in [-0.3, -0.25) is 14.2 Å². The van der Waals surface area contributed by atoms with Crippen LogP contribution in [0.5, 0.6) is 5.75 Å². The van der Waals surface area contributed by atoms with E-state index >= 15 is 0 Å². The summed E-state index contributed by atoms with van der Waals surface area (Å²) < 4.78 is 40.8. The van der Waals surface area contributed by atoms with Crippen LogP contribution in [0.4, 0.5) is 11.4 Å². The molecule has 2 aliphatic heterocycles. The minimum Gasteiger partial charge on any atom is -0.439 e. The van der Waals surface area contributed by atoms with E-state index in [0.29, 0.717) is 23.9 Å². The molecule has 13 heteroatoms. The number of rotatable bonds is 9. The van der Waals surface area contributed by atoms with E-state index in [1.54, 1.807) is 47.4 Å². The number of aliphatic hydroxyl groups is 1. The molecule has 1 fully saturated rings. The number of para-hydroxylation sites is 3. The van der Waals surface area contributed by atoms with E-state index in [1.165, 1.54) is 4.90 Å². The maximum atomic E-state index is 13.3. The molecule has 0 spiro atoms. The van der Waals surface area contributed by atoms with E-state index in [1.807, 2.05) is 29.2 Å². The van der Waals surface area contributed by atoms with Crippen molar-refractivity contribution in [2.24, 2.45) is 0 Å². The largest absolute Gasteiger partial charge is 1.00 e. The van der Waals surface area contributed by atoms with Crippen molar-refractivity contribution in [2.75, 3.05) is 36.1 Å². The Hall–Kier alpha value is -2.29. The van der Waals surface area contributed by atoms with Crippen LogP contribution in [-0.4, -0.2) is 60.3 Å². The second kappa shape index (κ2) is 12.3. The molecule has 0 unspecified atom stereocenters. The minimum absolute atomic E-state index is 0. The van der Waals surface area contributed by atoms with Crippen LogP contribution in [0, 0.1) is 0 Å². The summed E-state index contributed by atoms with van der Waals surface area (Å²) in [5.74, 6) is 0.667. The normalized spacial score (nSPS) is 17.6. The van der Waals surface area contributed by atoms with Gasteiger partial charge in [0.1, 0.15) is 5.70 Å². The number of allylic oxidation sites excluding steroid dienone is 2. The van der Waals surface area contributed by atoms with Gasteiger partial charge in [-0.1, -0.05) is 30.3 Å². The summed E-state index contributed by atoms with van der Waals surface area (Å²) in [7, 11) is -4.52. The maximum Gasteiger partial charge on any atom is 1.00 e. The Morgan fingerprint density at radius 1 is 1.00 bits per heavy atom. The number of thiocarbonyl (C=S) groups is 1. The van der Waals surface area contributed by atoms with Gasteiger partial charge in [0.15, 0.2) is 10.9 Å². The van der Waals surface area contributed by atoms with E-state index in [9.17, 15) is 18.3 Å². The Morgan fingerprint density at radius 3 is 2.39 bits per heavy atom. The summed E-state index contributed by atoms with van der Waals surface area (Å²) in [5, 5.41) is 9.80. The molecular formula is C23H23N3NaO7S2+. The van der Waals surface area contributed by atoms with Crippen molar-refractivity contribution in [1.82, 2.24) is 4.90 Å². The maximum absolute atomic E-state index is 13.3. The van der Waals surface area contributed by atoms with Gasteiger partial charge in [-0.25, -0.2) is 4.18 Å². The molecule has 0 aromatic heterocycles. The molecule has 0 radical (unpaired) electrons. The van der Waals surface area contributed by atoms with Crippen molar-refractivity contribution in [1.29, 1.82) is 0 Å². The number of β-amino-alcohol motifs (C(OH)–C–C–N with tert-alkyl or cyclic N) is 1. The standard InChI is InChI=1S/C23H23N3O7S2.Na/c27-15-14-25-19(22(28)26(23(25)34)17-7-2-1-3-8-17)11-12-21-24(13-6-16-32-35(29,30)31)18-9-4-5-10-20(18)33-21;/h1-5,7-12,27H,6,13-16H2,(H,29,30,31);/q;+1. The first kappa shape index (κ1) is 28.3. The van der Waals surface area contributed by atoms with Crippen molar-refractivity contribution < 1.29 is 61.3 Å². The summed E-state index contributed by atoms with van der Waals surface area (Å²) in [6, 6.07) is 16.3. The molecule has 1 saturated heterocycles. The smallest absolute Gasteiger partial charge is 0.439 e. The van der Waals surface area contributed by atoms with Gasteiger partial charge in [0.25, 0.3) is 5.91 Å². The van der Waals surface area contributed by atoms with Crippen LogP contribution in [0.1, 0.15) is 6.42 Å². The third kappa shape index (κ3) is 6.33. The molecule has 36 heavy (non-hydrogen) atoms. The third-order valence-corrected chi connectivity index (χ3v) is 6.12. The number of amides is 1. The molecule has 2 aromatic carbocycles. The van der Waals surface area contributed by atoms with Gasteiger partial charge >= 0.3 is 40.0 Å². The van der Waals surface area contributed by atoms with E-state index in [-0.39, 0.29) is 72.5 Å². The van der Waals surface area contributed by atoms with Crippen molar-refractivity contribution in [2.45, 2.75) is 6.42 Å². The Bertz CT molecular complexity index is 1290. The molecule has 10 nitrogen and oxygen atoms in total. The number of hydrogen-bond donors (Lipinski definition) is 2. The van der Waals surface area contributed by atoms with Gasteiger partial charge < -0.3 is 19.6 Å². The monoisotopic (exact) mass is 540 g/mol. The summed E-state index contributed by atoms with van der Waals surface area (Å²) in [6.45, 7) is 0.0474. The number of hydrogen-bond acceptors (Lipinski definition) is 8. The third-order valence-electron chi connectivity index (χ3n) is 5.25. The summed E-state index contributed by atoms with van der Waals surface area (Å²) in [6.07, 6.45) is 3.47.